The molecule has 0 spiro atoms. The van der Waals surface area contributed by atoms with Crippen LogP contribution in [0.4, 0.5) is 0 Å². The molecule has 72 valence electrons. The van der Waals surface area contributed by atoms with Crippen LogP contribution in [0.15, 0.2) is 0 Å². The van der Waals surface area contributed by atoms with E-state index in [2.05, 4.69) is 4.72 Å². The fraction of sp³-hybridized carbons (Fsp3) is 1.00. The third kappa shape index (κ3) is 5.34. The van der Waals surface area contributed by atoms with Crippen molar-refractivity contribution in [3.05, 3.63) is 0 Å². The van der Waals surface area contributed by atoms with E-state index >= 15 is 0 Å². The first-order valence-electron chi connectivity index (χ1n) is 4.22. The molecule has 1 aliphatic carbocycles. The van der Waals surface area contributed by atoms with Gasteiger partial charge in [0.05, 0.1) is 0 Å². The van der Waals surface area contributed by atoms with Gasteiger partial charge in [0, 0.05) is 6.04 Å². The van der Waals surface area contributed by atoms with Gasteiger partial charge in [-0.05, 0) is 18.8 Å². The molecule has 0 heterocycles. The Morgan fingerprint density at radius 2 is 1.85 bits per heavy atom. The maximum atomic E-state index is 10.4. The molecule has 2 unspecified atom stereocenters. The molecule has 0 radical (unpaired) electrons. The summed E-state index contributed by atoms with van der Waals surface area (Å²) in [7, 11) is -4.26. The average Bonchev–Trinajstić information content (AvgIpc) is 1.91. The third-order valence-corrected chi connectivity index (χ3v) is 3.00. The van der Waals surface area contributed by atoms with Crippen LogP contribution in [-0.2, 0) is 10.3 Å². The van der Waals surface area contributed by atoms with Gasteiger partial charge in [-0.2, -0.15) is 0 Å². The summed E-state index contributed by atoms with van der Waals surface area (Å²) in [5, 5.41) is 0. The Hall–Kier alpha value is 0.870. The molecule has 1 fully saturated rings. The van der Waals surface area contributed by atoms with Crippen LogP contribution in [0.1, 0.15) is 32.6 Å². The quantitative estimate of drug-likeness (QED) is 0.413. The van der Waals surface area contributed by atoms with Gasteiger partial charge in [-0.25, -0.2) is 13.1 Å². The van der Waals surface area contributed by atoms with Crippen LogP contribution < -0.4 is 34.3 Å². The molecule has 0 aromatic rings. The van der Waals surface area contributed by atoms with Gasteiger partial charge in [-0.1, -0.05) is 19.8 Å². The van der Waals surface area contributed by atoms with E-state index in [1.165, 1.54) is 0 Å². The molecule has 13 heavy (non-hydrogen) atoms. The first kappa shape index (κ1) is 13.9. The van der Waals surface area contributed by atoms with Crippen molar-refractivity contribution in [2.75, 3.05) is 0 Å². The zero-order valence-electron chi connectivity index (χ0n) is 8.12. The van der Waals surface area contributed by atoms with Crippen molar-refractivity contribution < 1.29 is 42.5 Å². The van der Waals surface area contributed by atoms with Gasteiger partial charge < -0.3 is 4.55 Å². The standard InChI is InChI=1S/C7H15NO3S.Na/c1-6-4-2-3-5-7(6)8-12(9,10)11;/h6-8H,2-5H2,1H3,(H,9,10,11);/q;+1/p-1. The maximum Gasteiger partial charge on any atom is 1.00 e. The molecule has 0 aromatic heterocycles. The minimum absolute atomic E-state index is 0. The van der Waals surface area contributed by atoms with Crippen molar-refractivity contribution in [3.63, 3.8) is 0 Å². The molecule has 1 aliphatic rings. The molecule has 0 saturated heterocycles. The van der Waals surface area contributed by atoms with Crippen LogP contribution >= 0.6 is 0 Å². The number of nitrogens with one attached hydrogen (secondary N) is 1. The van der Waals surface area contributed by atoms with E-state index in [4.69, 9.17) is 0 Å². The second kappa shape index (κ2) is 5.68. The van der Waals surface area contributed by atoms with E-state index < -0.39 is 10.3 Å². The number of hydrogen-bond acceptors (Lipinski definition) is 3. The van der Waals surface area contributed by atoms with Crippen LogP contribution in [0.5, 0.6) is 0 Å². The van der Waals surface area contributed by atoms with Crippen molar-refractivity contribution in [2.45, 2.75) is 38.6 Å². The second-order valence-electron chi connectivity index (χ2n) is 3.44. The molecule has 2 atom stereocenters. The summed E-state index contributed by atoms with van der Waals surface area (Å²) in [5.41, 5.74) is 0. The predicted octanol–water partition coefficient (Wildman–Crippen LogP) is -2.38. The fourth-order valence-corrected chi connectivity index (χ4v) is 2.40. The fourth-order valence-electron chi connectivity index (χ4n) is 1.68. The zero-order valence-corrected chi connectivity index (χ0v) is 10.9. The monoisotopic (exact) mass is 215 g/mol. The molecule has 4 nitrogen and oxygen atoms in total. The largest absolute Gasteiger partial charge is 1.00 e. The topological polar surface area (TPSA) is 69.2 Å². The Bertz CT molecular complexity index is 242. The first-order chi connectivity index (χ1) is 5.49. The average molecular weight is 215 g/mol. The van der Waals surface area contributed by atoms with Crippen molar-refractivity contribution >= 4 is 10.3 Å². The molecular formula is C7H14NNaO3S. The normalized spacial score (nSPS) is 29.4. The van der Waals surface area contributed by atoms with Gasteiger partial charge in [0.25, 0.3) is 0 Å². The van der Waals surface area contributed by atoms with Crippen LogP contribution in [0, 0.1) is 5.92 Å². The second-order valence-corrected chi connectivity index (χ2v) is 4.58. The smallest absolute Gasteiger partial charge is 0.735 e. The molecule has 1 N–H and O–H groups in total. The van der Waals surface area contributed by atoms with Gasteiger partial charge in [0.2, 0.25) is 0 Å². The summed E-state index contributed by atoms with van der Waals surface area (Å²) in [5.74, 6) is 0.294. The molecule has 0 aliphatic heterocycles. The van der Waals surface area contributed by atoms with Crippen molar-refractivity contribution in [2.24, 2.45) is 5.92 Å². The molecular weight excluding hydrogens is 201 g/mol. The Labute approximate surface area is 102 Å². The van der Waals surface area contributed by atoms with E-state index in [9.17, 15) is 13.0 Å². The maximum absolute atomic E-state index is 10.4. The van der Waals surface area contributed by atoms with Gasteiger partial charge in [-0.15, -0.1) is 0 Å². The van der Waals surface area contributed by atoms with E-state index in [-0.39, 0.29) is 35.6 Å². The third-order valence-electron chi connectivity index (χ3n) is 2.41. The van der Waals surface area contributed by atoms with E-state index in [0.717, 1.165) is 25.7 Å². The molecule has 0 aromatic carbocycles. The van der Waals surface area contributed by atoms with Gasteiger partial charge in [0.15, 0.2) is 10.3 Å². The molecule has 0 amide bonds. The van der Waals surface area contributed by atoms with Crippen molar-refractivity contribution in [1.82, 2.24) is 4.72 Å². The van der Waals surface area contributed by atoms with Crippen LogP contribution in [0.3, 0.4) is 0 Å². The van der Waals surface area contributed by atoms with Crippen molar-refractivity contribution in [1.29, 1.82) is 0 Å². The van der Waals surface area contributed by atoms with Crippen LogP contribution in [-0.4, -0.2) is 19.0 Å². The Morgan fingerprint density at radius 1 is 1.31 bits per heavy atom. The van der Waals surface area contributed by atoms with Gasteiger partial charge in [0.1, 0.15) is 0 Å². The van der Waals surface area contributed by atoms with E-state index in [1.807, 2.05) is 6.92 Å². The summed E-state index contributed by atoms with van der Waals surface area (Å²) in [4.78, 5) is 0. The minimum atomic E-state index is -4.26. The molecule has 1 saturated carbocycles. The first-order valence-corrected chi connectivity index (χ1v) is 5.63. The molecule has 0 bridgehead atoms. The van der Waals surface area contributed by atoms with Gasteiger partial charge in [-0.3, -0.25) is 0 Å². The summed E-state index contributed by atoms with van der Waals surface area (Å²) < 4.78 is 33.3. The minimum Gasteiger partial charge on any atom is -0.735 e. The number of rotatable bonds is 2. The summed E-state index contributed by atoms with van der Waals surface area (Å²) in [6.45, 7) is 1.97. The van der Waals surface area contributed by atoms with Crippen LogP contribution in [0.2, 0.25) is 0 Å². The Kier molecular flexibility index (Phi) is 6.06. The predicted molar refractivity (Wildman–Crippen MR) is 44.3 cm³/mol. The summed E-state index contributed by atoms with van der Waals surface area (Å²) >= 11 is 0. The van der Waals surface area contributed by atoms with E-state index in [1.54, 1.807) is 0 Å². The Morgan fingerprint density at radius 3 is 2.31 bits per heavy atom. The van der Waals surface area contributed by atoms with Crippen molar-refractivity contribution in [3.8, 4) is 0 Å². The zero-order chi connectivity index (χ0) is 9.19. The van der Waals surface area contributed by atoms with Gasteiger partial charge >= 0.3 is 29.6 Å². The summed E-state index contributed by atoms with van der Waals surface area (Å²) in [6, 6.07) is -0.138. The molecule has 6 heteroatoms. The SMILES string of the molecule is CC1CCCCC1NS(=O)(=O)[O-].[Na+]. The van der Waals surface area contributed by atoms with E-state index in [0.29, 0.717) is 5.92 Å². The Balaban J connectivity index is 0.00000144. The van der Waals surface area contributed by atoms with Crippen LogP contribution in [0.25, 0.3) is 0 Å². The number of hydrogen-bond donors (Lipinski definition) is 1. The molecule has 1 rings (SSSR count). The summed E-state index contributed by atoms with van der Waals surface area (Å²) in [6.07, 6.45) is 3.95.